The standard InChI is InChI=1S/C18H22O3/c1-4-11-7-8-12(5-2)14(9-11)15-10-16(19)18(21)13(6-3)17(15)20/h7-10,19-21H,4-6H2,1-3H3. The fraction of sp³-hybridized carbons (Fsp3) is 0.333. The lowest BCUT2D eigenvalue weighted by molar-refractivity contribution is 0.391. The lowest BCUT2D eigenvalue weighted by atomic mass is 9.92. The van der Waals surface area contributed by atoms with Crippen molar-refractivity contribution < 1.29 is 15.3 Å². The molecule has 0 amide bonds. The molecule has 3 nitrogen and oxygen atoms in total. The van der Waals surface area contributed by atoms with E-state index < -0.39 is 0 Å². The van der Waals surface area contributed by atoms with E-state index in [0.29, 0.717) is 17.5 Å². The molecule has 2 aromatic carbocycles. The number of hydrogen-bond donors (Lipinski definition) is 3. The smallest absolute Gasteiger partial charge is 0.164 e. The van der Waals surface area contributed by atoms with E-state index in [-0.39, 0.29) is 17.2 Å². The van der Waals surface area contributed by atoms with Crippen LogP contribution in [0.4, 0.5) is 0 Å². The third kappa shape index (κ3) is 2.68. The average molecular weight is 286 g/mol. The van der Waals surface area contributed by atoms with E-state index in [2.05, 4.69) is 26.0 Å². The normalized spacial score (nSPS) is 10.8. The van der Waals surface area contributed by atoms with E-state index in [1.807, 2.05) is 13.0 Å². The minimum Gasteiger partial charge on any atom is -0.507 e. The van der Waals surface area contributed by atoms with Gasteiger partial charge >= 0.3 is 0 Å². The van der Waals surface area contributed by atoms with Crippen LogP contribution in [0, 0.1) is 0 Å². The third-order valence-electron chi connectivity index (χ3n) is 3.96. The van der Waals surface area contributed by atoms with Gasteiger partial charge in [-0.15, -0.1) is 0 Å². The van der Waals surface area contributed by atoms with Crippen LogP contribution < -0.4 is 0 Å². The fourth-order valence-electron chi connectivity index (χ4n) is 2.65. The molecule has 2 aromatic rings. The maximum atomic E-state index is 10.5. The van der Waals surface area contributed by atoms with E-state index in [9.17, 15) is 15.3 Å². The molecule has 0 heterocycles. The molecule has 0 radical (unpaired) electrons. The second kappa shape index (κ2) is 6.08. The fourth-order valence-corrected chi connectivity index (χ4v) is 2.65. The monoisotopic (exact) mass is 286 g/mol. The highest BCUT2D eigenvalue weighted by atomic mass is 16.3. The van der Waals surface area contributed by atoms with Gasteiger partial charge in [0.15, 0.2) is 11.5 Å². The second-order valence-electron chi connectivity index (χ2n) is 5.17. The zero-order valence-corrected chi connectivity index (χ0v) is 12.8. The van der Waals surface area contributed by atoms with E-state index in [1.54, 1.807) is 0 Å². The van der Waals surface area contributed by atoms with Crippen LogP contribution in [0.25, 0.3) is 11.1 Å². The highest BCUT2D eigenvalue weighted by Crippen LogP contribution is 2.44. The molecule has 0 atom stereocenters. The van der Waals surface area contributed by atoms with E-state index in [4.69, 9.17) is 0 Å². The van der Waals surface area contributed by atoms with Crippen LogP contribution in [0.2, 0.25) is 0 Å². The van der Waals surface area contributed by atoms with Gasteiger partial charge in [0, 0.05) is 11.1 Å². The molecule has 21 heavy (non-hydrogen) atoms. The first-order valence-electron chi connectivity index (χ1n) is 7.42. The average Bonchev–Trinajstić information content (AvgIpc) is 2.51. The molecule has 0 fully saturated rings. The van der Waals surface area contributed by atoms with E-state index >= 15 is 0 Å². The van der Waals surface area contributed by atoms with Crippen molar-refractivity contribution in [2.75, 3.05) is 0 Å². The van der Waals surface area contributed by atoms with Gasteiger partial charge in [-0.25, -0.2) is 0 Å². The Bertz CT molecular complexity index is 660. The molecule has 0 spiro atoms. The minimum atomic E-state index is -0.233. The van der Waals surface area contributed by atoms with Crippen LogP contribution in [0.5, 0.6) is 17.2 Å². The molecule has 0 bridgehead atoms. The number of rotatable bonds is 4. The highest BCUT2D eigenvalue weighted by molar-refractivity contribution is 5.78. The molecule has 0 saturated carbocycles. The second-order valence-corrected chi connectivity index (χ2v) is 5.17. The molecule has 3 heteroatoms. The number of aryl methyl sites for hydroxylation is 2. The first-order valence-corrected chi connectivity index (χ1v) is 7.42. The van der Waals surface area contributed by atoms with E-state index in [1.165, 1.54) is 11.6 Å². The predicted octanol–water partition coefficient (Wildman–Crippen LogP) is 4.16. The van der Waals surface area contributed by atoms with Gasteiger partial charge in [0.05, 0.1) is 0 Å². The quantitative estimate of drug-likeness (QED) is 0.584. The van der Waals surface area contributed by atoms with Crippen molar-refractivity contribution in [2.24, 2.45) is 0 Å². The summed E-state index contributed by atoms with van der Waals surface area (Å²) >= 11 is 0. The van der Waals surface area contributed by atoms with Crippen molar-refractivity contribution in [1.82, 2.24) is 0 Å². The van der Waals surface area contributed by atoms with Gasteiger partial charge in [-0.05, 0) is 42.0 Å². The summed E-state index contributed by atoms with van der Waals surface area (Å²) in [5.41, 5.74) is 4.16. The van der Waals surface area contributed by atoms with Gasteiger partial charge in [-0.1, -0.05) is 39.0 Å². The van der Waals surface area contributed by atoms with Crippen molar-refractivity contribution >= 4 is 0 Å². The Labute approximate surface area is 125 Å². The zero-order chi connectivity index (χ0) is 15.6. The molecule has 0 aliphatic carbocycles. The molecule has 0 unspecified atom stereocenters. The number of hydrogen-bond acceptors (Lipinski definition) is 3. The summed E-state index contributed by atoms with van der Waals surface area (Å²) in [6.07, 6.45) is 2.19. The van der Waals surface area contributed by atoms with Crippen LogP contribution in [-0.4, -0.2) is 15.3 Å². The Morgan fingerprint density at radius 2 is 1.48 bits per heavy atom. The Morgan fingerprint density at radius 3 is 2.05 bits per heavy atom. The number of phenolic OH excluding ortho intramolecular Hbond substituents is 3. The summed E-state index contributed by atoms with van der Waals surface area (Å²) in [6, 6.07) is 7.63. The molecule has 0 aliphatic heterocycles. The maximum absolute atomic E-state index is 10.5. The number of phenols is 3. The van der Waals surface area contributed by atoms with Crippen molar-refractivity contribution in [3.8, 4) is 28.4 Å². The lowest BCUT2D eigenvalue weighted by Gasteiger charge is -2.16. The maximum Gasteiger partial charge on any atom is 0.164 e. The van der Waals surface area contributed by atoms with Crippen LogP contribution >= 0.6 is 0 Å². The number of benzene rings is 2. The van der Waals surface area contributed by atoms with Gasteiger partial charge in [0.1, 0.15) is 5.75 Å². The first kappa shape index (κ1) is 15.2. The zero-order valence-electron chi connectivity index (χ0n) is 12.8. The van der Waals surface area contributed by atoms with Crippen LogP contribution in [0.15, 0.2) is 24.3 Å². The highest BCUT2D eigenvalue weighted by Gasteiger charge is 2.18. The van der Waals surface area contributed by atoms with Gasteiger partial charge < -0.3 is 15.3 Å². The van der Waals surface area contributed by atoms with E-state index in [0.717, 1.165) is 24.0 Å². The van der Waals surface area contributed by atoms with Crippen molar-refractivity contribution in [1.29, 1.82) is 0 Å². The van der Waals surface area contributed by atoms with Crippen LogP contribution in [0.3, 0.4) is 0 Å². The molecule has 112 valence electrons. The summed E-state index contributed by atoms with van der Waals surface area (Å²) in [5, 5.41) is 30.3. The van der Waals surface area contributed by atoms with Gasteiger partial charge in [-0.2, -0.15) is 0 Å². The molecule has 0 saturated heterocycles. The van der Waals surface area contributed by atoms with Crippen molar-refractivity contribution in [3.05, 3.63) is 41.0 Å². The summed E-state index contributed by atoms with van der Waals surface area (Å²) in [6.45, 7) is 5.97. The Balaban J connectivity index is 2.75. The lowest BCUT2D eigenvalue weighted by Crippen LogP contribution is -1.94. The van der Waals surface area contributed by atoms with Gasteiger partial charge in [-0.3, -0.25) is 0 Å². The van der Waals surface area contributed by atoms with Crippen molar-refractivity contribution in [3.63, 3.8) is 0 Å². The topological polar surface area (TPSA) is 60.7 Å². The first-order chi connectivity index (χ1) is 10.0. The Kier molecular flexibility index (Phi) is 4.41. The van der Waals surface area contributed by atoms with Gasteiger partial charge in [0.2, 0.25) is 0 Å². The third-order valence-corrected chi connectivity index (χ3v) is 3.96. The summed E-state index contributed by atoms with van der Waals surface area (Å²) < 4.78 is 0. The molecular formula is C18H22O3. The Hall–Kier alpha value is -2.16. The van der Waals surface area contributed by atoms with Crippen LogP contribution in [0.1, 0.15) is 37.5 Å². The largest absolute Gasteiger partial charge is 0.507 e. The SMILES string of the molecule is CCc1ccc(CC)c(-c2cc(O)c(O)c(CC)c2O)c1. The Morgan fingerprint density at radius 1 is 0.762 bits per heavy atom. The molecule has 0 aromatic heterocycles. The van der Waals surface area contributed by atoms with Crippen molar-refractivity contribution in [2.45, 2.75) is 40.0 Å². The summed E-state index contributed by atoms with van der Waals surface area (Å²) in [5.74, 6) is -0.372. The molecule has 0 aliphatic rings. The summed E-state index contributed by atoms with van der Waals surface area (Å²) in [4.78, 5) is 0. The van der Waals surface area contributed by atoms with Gasteiger partial charge in [0.25, 0.3) is 0 Å². The summed E-state index contributed by atoms with van der Waals surface area (Å²) in [7, 11) is 0. The van der Waals surface area contributed by atoms with Crippen LogP contribution in [-0.2, 0) is 19.3 Å². The molecule has 3 N–H and O–H groups in total. The minimum absolute atomic E-state index is 0.0516. The predicted molar refractivity (Wildman–Crippen MR) is 85.0 cm³/mol. The molecular weight excluding hydrogens is 264 g/mol. The number of aromatic hydroxyl groups is 3. The molecule has 2 rings (SSSR count).